The molecule has 8 atom stereocenters. The Kier molecular flexibility index (Phi) is 3.86. The van der Waals surface area contributed by atoms with Crippen LogP contribution in [0.1, 0.15) is 59.3 Å². The van der Waals surface area contributed by atoms with Gasteiger partial charge < -0.3 is 10.2 Å². The summed E-state index contributed by atoms with van der Waals surface area (Å²) in [6.07, 6.45) is 2.18. The van der Waals surface area contributed by atoms with E-state index >= 15 is 4.39 Å². The molecule has 0 aromatic heterocycles. The number of hydrogen-bond acceptors (Lipinski definition) is 4. The van der Waals surface area contributed by atoms with Crippen LogP contribution in [0.3, 0.4) is 0 Å². The van der Waals surface area contributed by atoms with Gasteiger partial charge in [0.25, 0.3) is 0 Å². The molecule has 0 bridgehead atoms. The van der Waals surface area contributed by atoms with Crippen LogP contribution in [0.25, 0.3) is 0 Å². The number of rotatable bonds is 1. The van der Waals surface area contributed by atoms with Crippen LogP contribution in [-0.2, 0) is 9.59 Å². The van der Waals surface area contributed by atoms with E-state index in [2.05, 4.69) is 0 Å². The molecule has 144 valence electrons. The molecule has 26 heavy (non-hydrogen) atoms. The minimum Gasteiger partial charge on any atom is -0.392 e. The number of halogens is 1. The summed E-state index contributed by atoms with van der Waals surface area (Å²) in [6, 6.07) is 0. The number of Topliss-reactive ketones (excluding diaryl/α,β-unsaturated/α-hetero) is 1. The van der Waals surface area contributed by atoms with Crippen LogP contribution < -0.4 is 0 Å². The van der Waals surface area contributed by atoms with Crippen LogP contribution in [0.2, 0.25) is 0 Å². The topological polar surface area (TPSA) is 74.6 Å². The van der Waals surface area contributed by atoms with Gasteiger partial charge >= 0.3 is 0 Å². The largest absolute Gasteiger partial charge is 0.392 e. The molecule has 0 aliphatic heterocycles. The maximum absolute atomic E-state index is 16.8. The predicted octanol–water partition coefficient (Wildman–Crippen LogP) is 2.76. The lowest BCUT2D eigenvalue weighted by Gasteiger charge is -2.62. The van der Waals surface area contributed by atoms with Gasteiger partial charge in [0.05, 0.1) is 12.2 Å². The second-order valence-corrected chi connectivity index (χ2v) is 9.60. The molecule has 0 aromatic carbocycles. The lowest BCUT2D eigenvalue weighted by Crippen LogP contribution is -2.67. The molecule has 4 aliphatic rings. The van der Waals surface area contributed by atoms with Crippen molar-refractivity contribution in [2.24, 2.45) is 28.6 Å². The first kappa shape index (κ1) is 18.3. The summed E-state index contributed by atoms with van der Waals surface area (Å²) in [4.78, 5) is 24.1. The SMILES string of the molecule is CC(=O)[C@H]1[C@@H](O)C[C@H]2[C@@H]3CCC4=CC(=O)CC[C@]4(C)[C@@]3(F)[C@@H](O)C[C@@]21C. The fourth-order valence-corrected chi connectivity index (χ4v) is 7.32. The van der Waals surface area contributed by atoms with E-state index in [0.717, 1.165) is 5.57 Å². The molecule has 0 spiro atoms. The highest BCUT2D eigenvalue weighted by Gasteiger charge is 2.72. The van der Waals surface area contributed by atoms with E-state index < -0.39 is 40.5 Å². The van der Waals surface area contributed by atoms with Crippen molar-refractivity contribution < 1.29 is 24.2 Å². The smallest absolute Gasteiger partial charge is 0.155 e. The third-order valence-electron chi connectivity index (χ3n) is 8.50. The van der Waals surface area contributed by atoms with Crippen molar-refractivity contribution in [3.63, 3.8) is 0 Å². The molecular weight excluding hydrogens is 335 g/mol. The third kappa shape index (κ3) is 2.02. The van der Waals surface area contributed by atoms with Crippen LogP contribution in [0.15, 0.2) is 11.6 Å². The molecule has 3 fully saturated rings. The second kappa shape index (κ2) is 5.48. The Hall–Kier alpha value is -1.07. The highest BCUT2D eigenvalue weighted by Crippen LogP contribution is 2.69. The summed E-state index contributed by atoms with van der Waals surface area (Å²) in [6.45, 7) is 5.29. The first-order chi connectivity index (χ1) is 12.1. The van der Waals surface area contributed by atoms with Gasteiger partial charge in [-0.05, 0) is 56.4 Å². The van der Waals surface area contributed by atoms with Crippen LogP contribution in [0, 0.1) is 28.6 Å². The Balaban J connectivity index is 1.81. The van der Waals surface area contributed by atoms with E-state index in [-0.39, 0.29) is 23.9 Å². The zero-order chi connectivity index (χ0) is 19.1. The lowest BCUT2D eigenvalue weighted by atomic mass is 9.44. The normalized spacial score (nSPS) is 53.4. The first-order valence-electron chi connectivity index (χ1n) is 9.85. The minimum absolute atomic E-state index is 0.0441. The second-order valence-electron chi connectivity index (χ2n) is 9.60. The van der Waals surface area contributed by atoms with E-state index in [4.69, 9.17) is 0 Å². The van der Waals surface area contributed by atoms with Crippen LogP contribution >= 0.6 is 0 Å². The van der Waals surface area contributed by atoms with E-state index in [1.165, 1.54) is 6.92 Å². The van der Waals surface area contributed by atoms with Gasteiger partial charge in [-0.1, -0.05) is 19.4 Å². The summed E-state index contributed by atoms with van der Waals surface area (Å²) >= 11 is 0. The maximum Gasteiger partial charge on any atom is 0.155 e. The number of ketones is 2. The van der Waals surface area contributed by atoms with Crippen molar-refractivity contribution in [2.75, 3.05) is 0 Å². The number of carbonyl (C=O) groups excluding carboxylic acids is 2. The van der Waals surface area contributed by atoms with E-state index in [1.54, 1.807) is 6.08 Å². The third-order valence-corrected chi connectivity index (χ3v) is 8.50. The monoisotopic (exact) mass is 364 g/mol. The summed E-state index contributed by atoms with van der Waals surface area (Å²) in [5, 5.41) is 21.6. The van der Waals surface area contributed by atoms with Crippen LogP contribution in [-0.4, -0.2) is 39.7 Å². The standard InChI is InChI=1S/C21H29FO4/c1-11(23)18-16(25)9-15-14-5-4-12-8-13(24)6-7-20(12,3)21(14,22)17(26)10-19(15,18)2/h8,14-18,25-26H,4-7,9-10H2,1-3H3/t14-,15-,16-,17-,18-,19-,20-,21-/m0/s1. The Morgan fingerprint density at radius 2 is 1.92 bits per heavy atom. The Bertz CT molecular complexity index is 702. The van der Waals surface area contributed by atoms with Crippen LogP contribution in [0.4, 0.5) is 4.39 Å². The average molecular weight is 364 g/mol. The summed E-state index contributed by atoms with van der Waals surface area (Å²) in [7, 11) is 0. The molecule has 0 aromatic rings. The van der Waals surface area contributed by atoms with Crippen molar-refractivity contribution in [2.45, 2.75) is 77.2 Å². The number of aliphatic hydroxyl groups is 2. The number of fused-ring (bicyclic) bond motifs is 5. The molecular formula is C21H29FO4. The Labute approximate surface area is 153 Å². The van der Waals surface area contributed by atoms with Crippen molar-refractivity contribution in [3.8, 4) is 0 Å². The van der Waals surface area contributed by atoms with Gasteiger partial charge in [-0.15, -0.1) is 0 Å². The molecule has 0 radical (unpaired) electrons. The van der Waals surface area contributed by atoms with Gasteiger partial charge in [-0.2, -0.15) is 0 Å². The van der Waals surface area contributed by atoms with E-state index in [1.807, 2.05) is 13.8 Å². The maximum atomic E-state index is 16.8. The molecule has 0 amide bonds. The molecule has 4 rings (SSSR count). The lowest BCUT2D eigenvalue weighted by molar-refractivity contribution is -0.208. The molecule has 0 unspecified atom stereocenters. The molecule has 0 heterocycles. The number of aliphatic hydroxyl groups excluding tert-OH is 2. The molecule has 2 N–H and O–H groups in total. The first-order valence-corrected chi connectivity index (χ1v) is 9.85. The Morgan fingerprint density at radius 1 is 1.23 bits per heavy atom. The zero-order valence-corrected chi connectivity index (χ0v) is 15.8. The average Bonchev–Trinajstić information content (AvgIpc) is 2.80. The Morgan fingerprint density at radius 3 is 2.58 bits per heavy atom. The molecule has 0 saturated heterocycles. The molecule has 4 nitrogen and oxygen atoms in total. The summed E-state index contributed by atoms with van der Waals surface area (Å²) in [5.74, 6) is -1.10. The number of alkyl halides is 1. The summed E-state index contributed by atoms with van der Waals surface area (Å²) < 4.78 is 16.8. The minimum atomic E-state index is -1.81. The van der Waals surface area contributed by atoms with Gasteiger partial charge in [0, 0.05) is 23.7 Å². The van der Waals surface area contributed by atoms with Crippen molar-refractivity contribution in [3.05, 3.63) is 11.6 Å². The van der Waals surface area contributed by atoms with Gasteiger partial charge in [0.2, 0.25) is 0 Å². The number of carbonyl (C=O) groups is 2. The highest BCUT2D eigenvalue weighted by molar-refractivity contribution is 5.91. The highest BCUT2D eigenvalue weighted by atomic mass is 19.1. The van der Waals surface area contributed by atoms with Crippen molar-refractivity contribution in [1.82, 2.24) is 0 Å². The molecule has 4 aliphatic carbocycles. The van der Waals surface area contributed by atoms with Gasteiger partial charge in [0.15, 0.2) is 5.78 Å². The van der Waals surface area contributed by atoms with E-state index in [9.17, 15) is 19.8 Å². The predicted molar refractivity (Wildman–Crippen MR) is 94.0 cm³/mol. The molecule has 5 heteroatoms. The number of allylic oxidation sites excluding steroid dienone is 1. The van der Waals surface area contributed by atoms with Gasteiger partial charge in [-0.25, -0.2) is 4.39 Å². The van der Waals surface area contributed by atoms with Crippen LogP contribution in [0.5, 0.6) is 0 Å². The van der Waals surface area contributed by atoms with E-state index in [0.29, 0.717) is 32.1 Å². The fraction of sp³-hybridized carbons (Fsp3) is 0.810. The quantitative estimate of drug-likeness (QED) is 0.750. The van der Waals surface area contributed by atoms with Gasteiger partial charge in [0.1, 0.15) is 11.5 Å². The van der Waals surface area contributed by atoms with Crippen molar-refractivity contribution >= 4 is 11.6 Å². The molecule has 3 saturated carbocycles. The van der Waals surface area contributed by atoms with Crippen molar-refractivity contribution in [1.29, 1.82) is 0 Å². The van der Waals surface area contributed by atoms with Gasteiger partial charge in [-0.3, -0.25) is 9.59 Å². The number of hydrogen-bond donors (Lipinski definition) is 2. The summed E-state index contributed by atoms with van der Waals surface area (Å²) in [5.41, 5.74) is -2.40. The fourth-order valence-electron chi connectivity index (χ4n) is 7.32. The zero-order valence-electron chi connectivity index (χ0n) is 15.8.